The molecule has 0 aliphatic heterocycles. The van der Waals surface area contributed by atoms with Crippen molar-refractivity contribution in [2.24, 2.45) is 0 Å². The van der Waals surface area contributed by atoms with Gasteiger partial charge in [0.1, 0.15) is 11.8 Å². The van der Waals surface area contributed by atoms with Gasteiger partial charge in [0.05, 0.1) is 27.8 Å². The summed E-state index contributed by atoms with van der Waals surface area (Å²) in [5, 5.41) is 3.05. The van der Waals surface area contributed by atoms with Crippen LogP contribution in [0.5, 0.6) is 17.2 Å². The Kier molecular flexibility index (Phi) is 11.0. The number of rotatable bonds is 14. The first-order valence-corrected chi connectivity index (χ1v) is 12.9. The van der Waals surface area contributed by atoms with Crippen LogP contribution in [-0.4, -0.2) is 50.6 Å². The fraction of sp³-hybridized carbons (Fsp3) is 0.355. The standard InChI is InChI=1S/C31H38N2O5/c1-5-6-18-32-31(35)27(19-23-10-8-7-9-11-23)33(22-24-12-15-26(36-2)16-13-24)30(34)21-25-14-17-28(37-3)29(20-25)38-4/h7-17,20,27H,5-6,18-19,21-22H2,1-4H3,(H,32,35). The van der Waals surface area contributed by atoms with Gasteiger partial charge in [0.15, 0.2) is 11.5 Å². The highest BCUT2D eigenvalue weighted by atomic mass is 16.5. The van der Waals surface area contributed by atoms with E-state index in [1.165, 1.54) is 0 Å². The molecule has 0 aliphatic rings. The number of nitrogens with one attached hydrogen (secondary N) is 1. The molecular weight excluding hydrogens is 480 g/mol. The van der Waals surface area contributed by atoms with E-state index in [1.54, 1.807) is 38.4 Å². The highest BCUT2D eigenvalue weighted by Gasteiger charge is 2.30. The number of hydrogen-bond donors (Lipinski definition) is 1. The maximum atomic E-state index is 13.9. The lowest BCUT2D eigenvalue weighted by Gasteiger charge is -2.32. The normalized spacial score (nSPS) is 11.4. The number of unbranched alkanes of at least 4 members (excludes halogenated alkanes) is 1. The average Bonchev–Trinajstić information content (AvgIpc) is 2.95. The van der Waals surface area contributed by atoms with E-state index >= 15 is 0 Å². The minimum Gasteiger partial charge on any atom is -0.497 e. The van der Waals surface area contributed by atoms with Crippen LogP contribution in [0.25, 0.3) is 0 Å². The van der Waals surface area contributed by atoms with Crippen molar-refractivity contribution in [3.63, 3.8) is 0 Å². The highest BCUT2D eigenvalue weighted by Crippen LogP contribution is 2.28. The van der Waals surface area contributed by atoms with Crippen LogP contribution >= 0.6 is 0 Å². The molecule has 3 aromatic rings. The molecule has 1 unspecified atom stereocenters. The van der Waals surface area contributed by atoms with E-state index in [4.69, 9.17) is 14.2 Å². The third kappa shape index (κ3) is 8.00. The van der Waals surface area contributed by atoms with E-state index in [2.05, 4.69) is 12.2 Å². The van der Waals surface area contributed by atoms with E-state index in [-0.39, 0.29) is 24.8 Å². The zero-order valence-electron chi connectivity index (χ0n) is 22.7. The molecule has 1 atom stereocenters. The van der Waals surface area contributed by atoms with E-state index in [0.717, 1.165) is 35.3 Å². The second-order valence-corrected chi connectivity index (χ2v) is 9.09. The van der Waals surface area contributed by atoms with Crippen molar-refractivity contribution < 1.29 is 23.8 Å². The molecule has 0 aliphatic carbocycles. The Labute approximate surface area is 225 Å². The van der Waals surface area contributed by atoms with Gasteiger partial charge in [-0.15, -0.1) is 0 Å². The summed E-state index contributed by atoms with van der Waals surface area (Å²) < 4.78 is 16.1. The van der Waals surface area contributed by atoms with E-state index < -0.39 is 6.04 Å². The molecule has 0 spiro atoms. The van der Waals surface area contributed by atoms with E-state index in [0.29, 0.717) is 24.5 Å². The van der Waals surface area contributed by atoms with Gasteiger partial charge < -0.3 is 24.4 Å². The third-order valence-electron chi connectivity index (χ3n) is 6.42. The first-order valence-electron chi connectivity index (χ1n) is 12.9. The molecule has 3 aromatic carbocycles. The molecule has 3 rings (SSSR count). The van der Waals surface area contributed by atoms with Crippen molar-refractivity contribution in [1.82, 2.24) is 10.2 Å². The molecule has 1 N–H and O–H groups in total. The number of hydrogen-bond acceptors (Lipinski definition) is 5. The molecule has 0 saturated heterocycles. The summed E-state index contributed by atoms with van der Waals surface area (Å²) >= 11 is 0. The van der Waals surface area contributed by atoms with Crippen LogP contribution in [0, 0.1) is 0 Å². The van der Waals surface area contributed by atoms with Crippen molar-refractivity contribution in [2.75, 3.05) is 27.9 Å². The Bertz CT molecular complexity index is 1160. The van der Waals surface area contributed by atoms with Gasteiger partial charge >= 0.3 is 0 Å². The number of ether oxygens (including phenoxy) is 3. The third-order valence-corrected chi connectivity index (χ3v) is 6.42. The molecule has 38 heavy (non-hydrogen) atoms. The lowest BCUT2D eigenvalue weighted by Crippen LogP contribution is -2.51. The average molecular weight is 519 g/mol. The molecule has 7 heteroatoms. The second kappa shape index (κ2) is 14.7. The fourth-order valence-electron chi connectivity index (χ4n) is 4.25. The number of carbonyl (C=O) groups is 2. The van der Waals surface area contributed by atoms with Gasteiger partial charge in [-0.2, -0.15) is 0 Å². The summed E-state index contributed by atoms with van der Waals surface area (Å²) in [4.78, 5) is 29.1. The molecule has 2 amide bonds. The number of nitrogens with zero attached hydrogens (tertiary/aromatic N) is 1. The Morgan fingerprint density at radius 3 is 2.13 bits per heavy atom. The Morgan fingerprint density at radius 2 is 1.50 bits per heavy atom. The lowest BCUT2D eigenvalue weighted by atomic mass is 10.0. The number of carbonyl (C=O) groups excluding carboxylic acids is 2. The van der Waals surface area contributed by atoms with Gasteiger partial charge in [-0.3, -0.25) is 9.59 Å². The van der Waals surface area contributed by atoms with Crippen LogP contribution < -0.4 is 19.5 Å². The summed E-state index contributed by atoms with van der Waals surface area (Å²) in [6.45, 7) is 2.94. The summed E-state index contributed by atoms with van der Waals surface area (Å²) in [7, 11) is 4.76. The van der Waals surface area contributed by atoms with Crippen molar-refractivity contribution in [3.05, 3.63) is 89.5 Å². The predicted octanol–water partition coefficient (Wildman–Crippen LogP) is 4.81. The zero-order chi connectivity index (χ0) is 27.3. The Balaban J connectivity index is 1.96. The molecule has 0 fully saturated rings. The Morgan fingerprint density at radius 1 is 0.816 bits per heavy atom. The van der Waals surface area contributed by atoms with Gasteiger partial charge in [-0.05, 0) is 47.4 Å². The van der Waals surface area contributed by atoms with Gasteiger partial charge in [0, 0.05) is 19.5 Å². The Hall–Kier alpha value is -4.00. The number of amides is 2. The first kappa shape index (κ1) is 28.6. The number of methoxy groups -OCH3 is 3. The number of benzene rings is 3. The van der Waals surface area contributed by atoms with Crippen molar-refractivity contribution in [1.29, 1.82) is 0 Å². The molecule has 0 saturated carbocycles. The highest BCUT2D eigenvalue weighted by molar-refractivity contribution is 5.88. The van der Waals surface area contributed by atoms with Crippen LogP contribution in [0.3, 0.4) is 0 Å². The topological polar surface area (TPSA) is 77.1 Å². The molecular formula is C31H38N2O5. The minimum absolute atomic E-state index is 0.115. The maximum Gasteiger partial charge on any atom is 0.243 e. The van der Waals surface area contributed by atoms with Gasteiger partial charge in [-0.25, -0.2) is 0 Å². The first-order chi connectivity index (χ1) is 18.5. The second-order valence-electron chi connectivity index (χ2n) is 9.09. The van der Waals surface area contributed by atoms with Crippen LogP contribution in [0.1, 0.15) is 36.5 Å². The summed E-state index contributed by atoms with van der Waals surface area (Å²) in [5.41, 5.74) is 2.67. The molecule has 7 nitrogen and oxygen atoms in total. The fourth-order valence-corrected chi connectivity index (χ4v) is 4.25. The summed E-state index contributed by atoms with van der Waals surface area (Å²) in [6.07, 6.45) is 2.37. The van der Waals surface area contributed by atoms with Crippen molar-refractivity contribution in [3.8, 4) is 17.2 Å². The predicted molar refractivity (Wildman–Crippen MR) is 149 cm³/mol. The lowest BCUT2D eigenvalue weighted by molar-refractivity contribution is -0.140. The summed E-state index contributed by atoms with van der Waals surface area (Å²) in [5.74, 6) is 1.57. The smallest absolute Gasteiger partial charge is 0.243 e. The quantitative estimate of drug-likeness (QED) is 0.310. The minimum atomic E-state index is -0.677. The molecule has 0 aromatic heterocycles. The van der Waals surface area contributed by atoms with Crippen molar-refractivity contribution in [2.45, 2.75) is 45.2 Å². The van der Waals surface area contributed by atoms with E-state index in [1.807, 2.05) is 60.7 Å². The van der Waals surface area contributed by atoms with Crippen LogP contribution in [0.2, 0.25) is 0 Å². The van der Waals surface area contributed by atoms with Crippen LogP contribution in [-0.2, 0) is 29.0 Å². The molecule has 0 heterocycles. The van der Waals surface area contributed by atoms with Crippen LogP contribution in [0.15, 0.2) is 72.8 Å². The van der Waals surface area contributed by atoms with Gasteiger partial charge in [0.25, 0.3) is 0 Å². The zero-order valence-corrected chi connectivity index (χ0v) is 22.7. The molecule has 0 radical (unpaired) electrons. The molecule has 0 bridgehead atoms. The van der Waals surface area contributed by atoms with Crippen molar-refractivity contribution >= 4 is 11.8 Å². The maximum absolute atomic E-state index is 13.9. The van der Waals surface area contributed by atoms with E-state index in [9.17, 15) is 9.59 Å². The summed E-state index contributed by atoms with van der Waals surface area (Å²) in [6, 6.07) is 22.1. The largest absolute Gasteiger partial charge is 0.497 e. The molecule has 202 valence electrons. The van der Waals surface area contributed by atoms with Gasteiger partial charge in [-0.1, -0.05) is 61.9 Å². The monoisotopic (exact) mass is 518 g/mol. The van der Waals surface area contributed by atoms with Crippen LogP contribution in [0.4, 0.5) is 0 Å². The van der Waals surface area contributed by atoms with Gasteiger partial charge in [0.2, 0.25) is 11.8 Å². The SMILES string of the molecule is CCCCNC(=O)C(Cc1ccccc1)N(Cc1ccc(OC)cc1)C(=O)Cc1ccc(OC)c(OC)c1.